The first-order valence-electron chi connectivity index (χ1n) is 8.33. The van der Waals surface area contributed by atoms with Crippen LogP contribution in [0.1, 0.15) is 12.0 Å². The summed E-state index contributed by atoms with van der Waals surface area (Å²) in [5, 5.41) is 3.45. The first kappa shape index (κ1) is 16.7. The molecule has 4 rings (SSSR count). The summed E-state index contributed by atoms with van der Waals surface area (Å²) in [5.74, 6) is 1.15. The summed E-state index contributed by atoms with van der Waals surface area (Å²) in [4.78, 5) is 26.3. The summed E-state index contributed by atoms with van der Waals surface area (Å²) >= 11 is 6.17. The average molecular weight is 373 g/mol. The van der Waals surface area contributed by atoms with Crippen molar-refractivity contribution in [3.8, 4) is 11.5 Å². The molecule has 1 atom stereocenters. The van der Waals surface area contributed by atoms with E-state index >= 15 is 0 Å². The zero-order valence-electron chi connectivity index (χ0n) is 13.9. The van der Waals surface area contributed by atoms with Crippen LogP contribution < -0.4 is 19.7 Å². The highest BCUT2D eigenvalue weighted by Crippen LogP contribution is 2.33. The molecule has 7 heteroatoms. The summed E-state index contributed by atoms with van der Waals surface area (Å²) in [6.07, 6.45) is 0.478. The zero-order chi connectivity index (χ0) is 18.1. The van der Waals surface area contributed by atoms with Gasteiger partial charge in [-0.3, -0.25) is 9.59 Å². The fourth-order valence-electron chi connectivity index (χ4n) is 3.22. The van der Waals surface area contributed by atoms with Gasteiger partial charge in [0.15, 0.2) is 11.5 Å². The topological polar surface area (TPSA) is 67.9 Å². The van der Waals surface area contributed by atoms with Gasteiger partial charge in [-0.25, -0.2) is 0 Å². The van der Waals surface area contributed by atoms with E-state index in [1.165, 1.54) is 0 Å². The number of para-hydroxylation sites is 1. The normalized spacial score (nSPS) is 18.3. The Hall–Kier alpha value is -2.73. The average Bonchev–Trinajstić information content (AvgIpc) is 3.21. The number of amides is 2. The number of hydrogen-bond donors (Lipinski definition) is 1. The van der Waals surface area contributed by atoms with E-state index in [0.29, 0.717) is 28.8 Å². The molecule has 2 aromatic carbocycles. The number of hydrogen-bond acceptors (Lipinski definition) is 4. The van der Waals surface area contributed by atoms with E-state index in [1.807, 2.05) is 18.2 Å². The van der Waals surface area contributed by atoms with Crippen molar-refractivity contribution in [2.24, 2.45) is 0 Å². The highest BCUT2D eigenvalue weighted by molar-refractivity contribution is 6.33. The Labute approximate surface area is 155 Å². The molecule has 1 N–H and O–H groups in total. The molecule has 1 saturated heterocycles. The van der Waals surface area contributed by atoms with Gasteiger partial charge < -0.3 is 19.7 Å². The number of rotatable bonds is 4. The molecule has 0 radical (unpaired) electrons. The quantitative estimate of drug-likeness (QED) is 0.895. The van der Waals surface area contributed by atoms with Crippen molar-refractivity contribution in [1.29, 1.82) is 0 Å². The standard InChI is InChI=1S/C19H17ClN2O4/c20-14-3-1-2-4-15(14)22-10-13(9-19(22)24)21-18(23)8-12-5-6-16-17(7-12)26-11-25-16/h1-7,13H,8-11H2,(H,21,23). The molecule has 0 saturated carbocycles. The second-order valence-corrected chi connectivity index (χ2v) is 6.70. The summed E-state index contributed by atoms with van der Waals surface area (Å²) in [5.41, 5.74) is 1.51. The van der Waals surface area contributed by atoms with Crippen LogP contribution in [0, 0.1) is 0 Å². The Morgan fingerprint density at radius 2 is 2.00 bits per heavy atom. The molecule has 2 aliphatic heterocycles. The maximum absolute atomic E-state index is 12.3. The molecule has 0 aromatic heterocycles. The number of anilines is 1. The summed E-state index contributed by atoms with van der Waals surface area (Å²) < 4.78 is 10.6. The number of fused-ring (bicyclic) bond motifs is 1. The fourth-order valence-corrected chi connectivity index (χ4v) is 3.46. The largest absolute Gasteiger partial charge is 0.454 e. The van der Waals surface area contributed by atoms with Crippen LogP contribution in [0.15, 0.2) is 42.5 Å². The second-order valence-electron chi connectivity index (χ2n) is 6.29. The third kappa shape index (κ3) is 3.32. The minimum atomic E-state index is -0.236. The van der Waals surface area contributed by atoms with Gasteiger partial charge in [0.1, 0.15) is 0 Å². The van der Waals surface area contributed by atoms with Gasteiger partial charge >= 0.3 is 0 Å². The van der Waals surface area contributed by atoms with Crippen LogP contribution in [-0.2, 0) is 16.0 Å². The highest BCUT2D eigenvalue weighted by Gasteiger charge is 2.32. The molecule has 0 bridgehead atoms. The van der Waals surface area contributed by atoms with Crippen LogP contribution in [0.5, 0.6) is 11.5 Å². The maximum Gasteiger partial charge on any atom is 0.231 e. The molecule has 26 heavy (non-hydrogen) atoms. The Morgan fingerprint density at radius 1 is 1.19 bits per heavy atom. The molecular formula is C19H17ClN2O4. The summed E-state index contributed by atoms with van der Waals surface area (Å²) in [6, 6.07) is 12.4. The van der Waals surface area contributed by atoms with Gasteiger partial charge in [-0.2, -0.15) is 0 Å². The lowest BCUT2D eigenvalue weighted by atomic mass is 10.1. The molecule has 6 nitrogen and oxygen atoms in total. The van der Waals surface area contributed by atoms with E-state index < -0.39 is 0 Å². The van der Waals surface area contributed by atoms with E-state index in [2.05, 4.69) is 5.32 Å². The zero-order valence-corrected chi connectivity index (χ0v) is 14.7. The van der Waals surface area contributed by atoms with Gasteiger partial charge in [0, 0.05) is 13.0 Å². The van der Waals surface area contributed by atoms with Gasteiger partial charge in [0.25, 0.3) is 0 Å². The van der Waals surface area contributed by atoms with Crippen molar-refractivity contribution in [2.45, 2.75) is 18.9 Å². The van der Waals surface area contributed by atoms with E-state index in [9.17, 15) is 9.59 Å². The van der Waals surface area contributed by atoms with Gasteiger partial charge in [-0.1, -0.05) is 29.8 Å². The highest BCUT2D eigenvalue weighted by atomic mass is 35.5. The third-order valence-corrected chi connectivity index (χ3v) is 4.75. The molecule has 0 spiro atoms. The van der Waals surface area contributed by atoms with Gasteiger partial charge in [-0.15, -0.1) is 0 Å². The minimum Gasteiger partial charge on any atom is -0.454 e. The Morgan fingerprint density at radius 3 is 2.85 bits per heavy atom. The maximum atomic E-state index is 12.3. The summed E-state index contributed by atoms with van der Waals surface area (Å²) in [7, 11) is 0. The van der Waals surface area contributed by atoms with Gasteiger partial charge in [0.05, 0.1) is 23.2 Å². The molecule has 2 aromatic rings. The monoisotopic (exact) mass is 372 g/mol. The van der Waals surface area contributed by atoms with E-state index in [0.717, 1.165) is 5.56 Å². The Kier molecular flexibility index (Phi) is 4.42. The van der Waals surface area contributed by atoms with Crippen molar-refractivity contribution >= 4 is 29.1 Å². The Balaban J connectivity index is 1.38. The molecule has 2 aliphatic rings. The molecule has 134 valence electrons. The molecular weight excluding hydrogens is 356 g/mol. The molecule has 2 amide bonds. The molecule has 1 fully saturated rings. The number of nitrogens with one attached hydrogen (secondary N) is 1. The number of ether oxygens (including phenoxy) is 2. The van der Waals surface area contributed by atoms with Crippen molar-refractivity contribution < 1.29 is 19.1 Å². The van der Waals surface area contributed by atoms with Crippen molar-refractivity contribution in [2.75, 3.05) is 18.2 Å². The lowest BCUT2D eigenvalue weighted by molar-refractivity contribution is -0.121. The fraction of sp³-hybridized carbons (Fsp3) is 0.263. The first-order valence-corrected chi connectivity index (χ1v) is 8.71. The van der Waals surface area contributed by atoms with E-state index in [1.54, 1.807) is 29.2 Å². The lowest BCUT2D eigenvalue weighted by Crippen LogP contribution is -2.38. The predicted molar refractivity (Wildman–Crippen MR) is 96.6 cm³/mol. The predicted octanol–water partition coefficient (Wildman–Crippen LogP) is 2.53. The van der Waals surface area contributed by atoms with Crippen LogP contribution in [0.25, 0.3) is 0 Å². The minimum absolute atomic E-state index is 0.0496. The smallest absolute Gasteiger partial charge is 0.231 e. The van der Waals surface area contributed by atoms with Crippen LogP contribution in [0.4, 0.5) is 5.69 Å². The van der Waals surface area contributed by atoms with Crippen LogP contribution in [0.2, 0.25) is 5.02 Å². The molecule has 2 heterocycles. The SMILES string of the molecule is O=C(Cc1ccc2c(c1)OCO2)NC1CC(=O)N(c2ccccc2Cl)C1. The number of nitrogens with zero attached hydrogens (tertiary/aromatic N) is 1. The van der Waals surface area contributed by atoms with Crippen molar-refractivity contribution in [3.63, 3.8) is 0 Å². The number of halogens is 1. The second kappa shape index (κ2) is 6.88. The van der Waals surface area contributed by atoms with Crippen LogP contribution in [0.3, 0.4) is 0 Å². The van der Waals surface area contributed by atoms with E-state index in [-0.39, 0.29) is 37.5 Å². The third-order valence-electron chi connectivity index (χ3n) is 4.44. The number of carbonyl (C=O) groups excluding carboxylic acids is 2. The van der Waals surface area contributed by atoms with E-state index in [4.69, 9.17) is 21.1 Å². The van der Waals surface area contributed by atoms with Crippen LogP contribution in [-0.4, -0.2) is 31.2 Å². The lowest BCUT2D eigenvalue weighted by Gasteiger charge is -2.18. The van der Waals surface area contributed by atoms with Crippen molar-refractivity contribution in [3.05, 3.63) is 53.1 Å². The molecule has 0 aliphatic carbocycles. The molecule has 1 unspecified atom stereocenters. The van der Waals surface area contributed by atoms with Crippen LogP contribution >= 0.6 is 11.6 Å². The first-order chi connectivity index (χ1) is 12.6. The van der Waals surface area contributed by atoms with Gasteiger partial charge in [-0.05, 0) is 29.8 Å². The number of carbonyl (C=O) groups is 2. The Bertz CT molecular complexity index is 870. The number of benzene rings is 2. The summed E-state index contributed by atoms with van der Waals surface area (Å²) in [6.45, 7) is 0.614. The van der Waals surface area contributed by atoms with Gasteiger partial charge in [0.2, 0.25) is 18.6 Å². The van der Waals surface area contributed by atoms with Crippen molar-refractivity contribution in [1.82, 2.24) is 5.32 Å².